The summed E-state index contributed by atoms with van der Waals surface area (Å²) in [7, 11) is 1.62. The van der Waals surface area contributed by atoms with E-state index in [-0.39, 0.29) is 5.56 Å². The molecule has 2 heterocycles. The van der Waals surface area contributed by atoms with Crippen LogP contribution in [0.5, 0.6) is 5.75 Å². The van der Waals surface area contributed by atoms with Gasteiger partial charge >= 0.3 is 0 Å². The molecule has 0 saturated heterocycles. The van der Waals surface area contributed by atoms with Crippen LogP contribution in [0.2, 0.25) is 0 Å². The van der Waals surface area contributed by atoms with Gasteiger partial charge in [0.1, 0.15) is 5.75 Å². The summed E-state index contributed by atoms with van der Waals surface area (Å²) in [6, 6.07) is 7.47. The number of methoxy groups -OCH3 is 1. The minimum absolute atomic E-state index is 0.0751. The van der Waals surface area contributed by atoms with E-state index in [1.54, 1.807) is 13.3 Å². The molecule has 0 spiro atoms. The summed E-state index contributed by atoms with van der Waals surface area (Å²) in [4.78, 5) is 17.6. The van der Waals surface area contributed by atoms with Crippen LogP contribution in [0.1, 0.15) is 0 Å². The minimum atomic E-state index is -0.0751. The van der Waals surface area contributed by atoms with E-state index < -0.39 is 0 Å². The van der Waals surface area contributed by atoms with Crippen molar-refractivity contribution in [3.8, 4) is 5.75 Å². The lowest BCUT2D eigenvalue weighted by Crippen LogP contribution is -2.02. The largest absolute Gasteiger partial charge is 0.497 e. The molecule has 2 aromatic heterocycles. The fraction of sp³-hybridized carbons (Fsp3) is 0.0833. The molecule has 16 heavy (non-hydrogen) atoms. The molecule has 0 saturated carbocycles. The van der Waals surface area contributed by atoms with Crippen LogP contribution in [0, 0.1) is 0 Å². The van der Waals surface area contributed by atoms with Gasteiger partial charge in [0.2, 0.25) is 0 Å². The fourth-order valence-electron chi connectivity index (χ4n) is 1.97. The van der Waals surface area contributed by atoms with Crippen molar-refractivity contribution >= 4 is 21.8 Å². The first-order valence-corrected chi connectivity index (χ1v) is 4.97. The summed E-state index contributed by atoms with van der Waals surface area (Å²) in [5.74, 6) is 0.774. The summed E-state index contributed by atoms with van der Waals surface area (Å²) in [6.45, 7) is 0. The third-order valence-corrected chi connectivity index (χ3v) is 2.73. The number of H-pyrrole nitrogens is 2. The maximum atomic E-state index is 11.7. The van der Waals surface area contributed by atoms with E-state index in [0.717, 1.165) is 22.2 Å². The highest BCUT2D eigenvalue weighted by Crippen LogP contribution is 2.25. The van der Waals surface area contributed by atoms with Crippen molar-refractivity contribution in [1.29, 1.82) is 0 Å². The number of aromatic nitrogens is 2. The molecule has 0 aliphatic carbocycles. The monoisotopic (exact) mass is 214 g/mol. The van der Waals surface area contributed by atoms with Crippen molar-refractivity contribution in [2.45, 2.75) is 0 Å². The van der Waals surface area contributed by atoms with Crippen molar-refractivity contribution in [2.24, 2.45) is 0 Å². The van der Waals surface area contributed by atoms with Crippen molar-refractivity contribution in [2.75, 3.05) is 7.11 Å². The number of hydrogen-bond acceptors (Lipinski definition) is 2. The second kappa shape index (κ2) is 3.13. The number of fused-ring (bicyclic) bond motifs is 3. The highest BCUT2D eigenvalue weighted by Gasteiger charge is 2.07. The lowest BCUT2D eigenvalue weighted by atomic mass is 10.2. The van der Waals surface area contributed by atoms with E-state index in [4.69, 9.17) is 4.74 Å². The molecule has 4 nitrogen and oxygen atoms in total. The zero-order chi connectivity index (χ0) is 11.1. The van der Waals surface area contributed by atoms with Gasteiger partial charge in [0.05, 0.1) is 23.5 Å². The number of hydrogen-bond donors (Lipinski definition) is 2. The van der Waals surface area contributed by atoms with Crippen LogP contribution in [0.25, 0.3) is 21.8 Å². The number of ether oxygens (including phenoxy) is 1. The molecule has 80 valence electrons. The quantitative estimate of drug-likeness (QED) is 0.651. The van der Waals surface area contributed by atoms with Gasteiger partial charge < -0.3 is 14.7 Å². The van der Waals surface area contributed by atoms with E-state index in [1.807, 2.05) is 24.3 Å². The summed E-state index contributed by atoms with van der Waals surface area (Å²) >= 11 is 0. The summed E-state index contributed by atoms with van der Waals surface area (Å²) < 4.78 is 5.14. The van der Waals surface area contributed by atoms with Gasteiger partial charge in [-0.3, -0.25) is 4.79 Å². The normalized spacial score (nSPS) is 11.1. The molecule has 0 bridgehead atoms. The SMILES string of the molecule is COc1ccc2c(c1)[nH]c1cc[nH]c(=O)c12. The van der Waals surface area contributed by atoms with Crippen LogP contribution in [-0.4, -0.2) is 17.1 Å². The smallest absolute Gasteiger partial charge is 0.258 e. The second-order valence-corrected chi connectivity index (χ2v) is 3.63. The molecule has 0 atom stereocenters. The number of nitrogens with one attached hydrogen (secondary N) is 2. The Morgan fingerprint density at radius 1 is 1.19 bits per heavy atom. The van der Waals surface area contributed by atoms with Crippen LogP contribution in [-0.2, 0) is 0 Å². The van der Waals surface area contributed by atoms with E-state index in [1.165, 1.54) is 0 Å². The first-order valence-electron chi connectivity index (χ1n) is 4.97. The Kier molecular flexibility index (Phi) is 1.77. The molecule has 0 fully saturated rings. The maximum absolute atomic E-state index is 11.7. The molecule has 0 unspecified atom stereocenters. The molecule has 0 aliphatic heterocycles. The van der Waals surface area contributed by atoms with Crippen molar-refractivity contribution < 1.29 is 4.74 Å². The Labute approximate surface area is 90.9 Å². The fourth-order valence-corrected chi connectivity index (χ4v) is 1.97. The predicted octanol–water partition coefficient (Wildman–Crippen LogP) is 2.02. The van der Waals surface area contributed by atoms with Gasteiger partial charge in [0.25, 0.3) is 5.56 Å². The molecule has 4 heteroatoms. The zero-order valence-electron chi connectivity index (χ0n) is 8.70. The van der Waals surface area contributed by atoms with Crippen molar-refractivity contribution in [3.63, 3.8) is 0 Å². The highest BCUT2D eigenvalue weighted by molar-refractivity contribution is 6.06. The zero-order valence-corrected chi connectivity index (χ0v) is 8.70. The lowest BCUT2D eigenvalue weighted by Gasteiger charge is -1.97. The first kappa shape index (κ1) is 9.03. The van der Waals surface area contributed by atoms with Gasteiger partial charge in [-0.25, -0.2) is 0 Å². The third kappa shape index (κ3) is 1.13. The predicted molar refractivity (Wildman–Crippen MR) is 63.0 cm³/mol. The standard InChI is InChI=1S/C12H10N2O2/c1-16-7-2-3-8-10(6-7)14-9-4-5-13-12(15)11(8)9/h2-6,14H,1H3,(H,13,15). The molecule has 3 aromatic rings. The maximum Gasteiger partial charge on any atom is 0.258 e. The molecule has 0 amide bonds. The molecule has 1 aromatic carbocycles. The third-order valence-electron chi connectivity index (χ3n) is 2.73. The van der Waals surface area contributed by atoms with Crippen LogP contribution in [0.15, 0.2) is 35.3 Å². The Hall–Kier alpha value is -2.23. The van der Waals surface area contributed by atoms with Crippen LogP contribution in [0.4, 0.5) is 0 Å². The first-order chi connectivity index (χ1) is 7.79. The molecule has 2 N–H and O–H groups in total. The minimum Gasteiger partial charge on any atom is -0.497 e. The van der Waals surface area contributed by atoms with Crippen molar-refractivity contribution in [1.82, 2.24) is 9.97 Å². The number of aromatic amines is 2. The molecular formula is C12H10N2O2. The second-order valence-electron chi connectivity index (χ2n) is 3.63. The lowest BCUT2D eigenvalue weighted by molar-refractivity contribution is 0.415. The van der Waals surface area contributed by atoms with Crippen molar-refractivity contribution in [3.05, 3.63) is 40.8 Å². The van der Waals surface area contributed by atoms with E-state index >= 15 is 0 Å². The number of benzene rings is 1. The van der Waals surface area contributed by atoms with Gasteiger partial charge in [-0.2, -0.15) is 0 Å². The molecule has 0 radical (unpaired) electrons. The average molecular weight is 214 g/mol. The van der Waals surface area contributed by atoms with Crippen LogP contribution >= 0.6 is 0 Å². The van der Waals surface area contributed by atoms with E-state index in [9.17, 15) is 4.79 Å². The van der Waals surface area contributed by atoms with Crippen LogP contribution < -0.4 is 10.3 Å². The van der Waals surface area contributed by atoms with E-state index in [0.29, 0.717) is 5.39 Å². The Morgan fingerprint density at radius 3 is 2.88 bits per heavy atom. The van der Waals surface area contributed by atoms with Gasteiger partial charge in [-0.05, 0) is 18.2 Å². The van der Waals surface area contributed by atoms with Crippen LogP contribution in [0.3, 0.4) is 0 Å². The topological polar surface area (TPSA) is 57.9 Å². The summed E-state index contributed by atoms with van der Waals surface area (Å²) in [6.07, 6.45) is 1.64. The Bertz CT molecular complexity index is 725. The van der Waals surface area contributed by atoms with Gasteiger partial charge in [0, 0.05) is 17.6 Å². The molecule has 3 rings (SSSR count). The molecular weight excluding hydrogens is 204 g/mol. The Balaban J connectivity index is 2.52. The summed E-state index contributed by atoms with van der Waals surface area (Å²) in [5, 5.41) is 1.61. The number of pyridine rings is 1. The Morgan fingerprint density at radius 2 is 2.06 bits per heavy atom. The average Bonchev–Trinajstić information content (AvgIpc) is 2.67. The highest BCUT2D eigenvalue weighted by atomic mass is 16.5. The van der Waals surface area contributed by atoms with Gasteiger partial charge in [0.15, 0.2) is 0 Å². The van der Waals surface area contributed by atoms with E-state index in [2.05, 4.69) is 9.97 Å². The number of rotatable bonds is 1. The summed E-state index contributed by atoms with van der Waals surface area (Å²) in [5.41, 5.74) is 1.67. The van der Waals surface area contributed by atoms with Gasteiger partial charge in [-0.1, -0.05) is 0 Å². The molecule has 0 aliphatic rings. The van der Waals surface area contributed by atoms with Gasteiger partial charge in [-0.15, -0.1) is 0 Å².